The van der Waals surface area contributed by atoms with E-state index < -0.39 is 0 Å². The summed E-state index contributed by atoms with van der Waals surface area (Å²) in [6.07, 6.45) is 33.0. The highest BCUT2D eigenvalue weighted by molar-refractivity contribution is 5.64. The fraction of sp³-hybridized carbons (Fsp3) is 0.267. The lowest BCUT2D eigenvalue weighted by Crippen LogP contribution is -2.03. The molecule has 0 aliphatic heterocycles. The number of hydrogen-bond donors (Lipinski definition) is 0. The minimum atomic E-state index is 0.488. The molecule has 0 aromatic heterocycles. The predicted octanol–water partition coefficient (Wildman–Crippen LogP) is 8.71. The molecule has 0 fully saturated rings. The summed E-state index contributed by atoms with van der Waals surface area (Å²) in [6, 6.07) is 10.5. The van der Waals surface area contributed by atoms with Gasteiger partial charge in [-0.1, -0.05) is 110 Å². The molecule has 1 aromatic rings. The van der Waals surface area contributed by atoms with Gasteiger partial charge < -0.3 is 0 Å². The fourth-order valence-corrected chi connectivity index (χ4v) is 3.86. The van der Waals surface area contributed by atoms with E-state index in [-0.39, 0.29) is 0 Å². The second-order valence-electron chi connectivity index (χ2n) is 7.89. The van der Waals surface area contributed by atoms with Gasteiger partial charge in [0, 0.05) is 5.92 Å². The summed E-state index contributed by atoms with van der Waals surface area (Å²) in [4.78, 5) is 0. The van der Waals surface area contributed by atoms with Crippen molar-refractivity contribution < 1.29 is 0 Å². The van der Waals surface area contributed by atoms with E-state index in [2.05, 4.69) is 117 Å². The van der Waals surface area contributed by atoms with Gasteiger partial charge in [-0.3, -0.25) is 0 Å². The molecule has 0 amide bonds. The number of rotatable bonds is 8. The van der Waals surface area contributed by atoms with Gasteiger partial charge in [0.25, 0.3) is 0 Å². The summed E-state index contributed by atoms with van der Waals surface area (Å²) in [7, 11) is 0. The average molecular weight is 395 g/mol. The van der Waals surface area contributed by atoms with E-state index in [1.54, 1.807) is 0 Å². The second kappa shape index (κ2) is 12.0. The van der Waals surface area contributed by atoms with Gasteiger partial charge in [-0.05, 0) is 66.9 Å². The van der Waals surface area contributed by atoms with Crippen molar-refractivity contribution in [1.82, 2.24) is 0 Å². The Bertz CT molecular complexity index is 924. The summed E-state index contributed by atoms with van der Waals surface area (Å²) >= 11 is 0. The number of benzene rings is 1. The van der Waals surface area contributed by atoms with Crippen LogP contribution >= 0.6 is 0 Å². The van der Waals surface area contributed by atoms with Gasteiger partial charge >= 0.3 is 0 Å². The first-order valence-corrected chi connectivity index (χ1v) is 11.3. The predicted molar refractivity (Wildman–Crippen MR) is 133 cm³/mol. The molecular formula is C30H34. The van der Waals surface area contributed by atoms with E-state index >= 15 is 0 Å². The molecule has 1 unspecified atom stereocenters. The molecule has 0 nitrogen and oxygen atoms in total. The third-order valence-electron chi connectivity index (χ3n) is 5.59. The topological polar surface area (TPSA) is 0 Å². The fourth-order valence-electron chi connectivity index (χ4n) is 3.86. The van der Waals surface area contributed by atoms with Crippen LogP contribution in [-0.4, -0.2) is 0 Å². The molecule has 0 saturated heterocycles. The van der Waals surface area contributed by atoms with Gasteiger partial charge in [-0.25, -0.2) is 0 Å². The zero-order valence-electron chi connectivity index (χ0n) is 18.4. The lowest BCUT2D eigenvalue weighted by atomic mass is 9.86. The van der Waals surface area contributed by atoms with Crippen molar-refractivity contribution >= 4 is 5.57 Å². The van der Waals surface area contributed by atoms with Crippen LogP contribution in [0.25, 0.3) is 5.57 Å². The van der Waals surface area contributed by atoms with Crippen LogP contribution in [0.5, 0.6) is 0 Å². The van der Waals surface area contributed by atoms with E-state index in [1.807, 2.05) is 0 Å². The van der Waals surface area contributed by atoms with Crippen molar-refractivity contribution in [3.05, 3.63) is 126 Å². The van der Waals surface area contributed by atoms with Crippen LogP contribution in [0.4, 0.5) is 0 Å². The second-order valence-corrected chi connectivity index (χ2v) is 7.89. The first kappa shape index (κ1) is 21.8. The molecule has 0 N–H and O–H groups in total. The normalized spacial score (nSPS) is 20.1. The summed E-state index contributed by atoms with van der Waals surface area (Å²) in [6.45, 7) is 4.38. The maximum atomic E-state index is 2.40. The smallest absolute Gasteiger partial charge is 0.00528 e. The van der Waals surface area contributed by atoms with Crippen LogP contribution in [0.3, 0.4) is 0 Å². The minimum Gasteiger partial charge on any atom is -0.0836 e. The molecule has 2 aliphatic carbocycles. The van der Waals surface area contributed by atoms with Crippen LogP contribution < -0.4 is 0 Å². The molecule has 3 rings (SSSR count). The van der Waals surface area contributed by atoms with E-state index in [0.717, 1.165) is 25.7 Å². The standard InChI is InChI=1S/C30H34/c1-3-14-27(29-21-23-30(24-22-29)28-19-12-7-13-20-28)18-9-5-4-8-15-25(2)26-16-10-6-11-17-26/h4,6,8-12,14-21,23-24,29H,3,5,7,13,22H2,1-2H3/b8-4-,18-9+,25-15+,27-14-. The number of allylic oxidation sites excluding steroid dienone is 16. The van der Waals surface area contributed by atoms with E-state index in [4.69, 9.17) is 0 Å². The molecular weight excluding hydrogens is 360 g/mol. The van der Waals surface area contributed by atoms with Gasteiger partial charge in [0.15, 0.2) is 0 Å². The molecule has 1 aromatic carbocycles. The van der Waals surface area contributed by atoms with Crippen molar-refractivity contribution in [2.45, 2.75) is 46.0 Å². The Morgan fingerprint density at radius 1 is 1.00 bits per heavy atom. The Labute approximate surface area is 183 Å². The molecule has 2 aliphatic rings. The zero-order valence-corrected chi connectivity index (χ0v) is 18.4. The molecule has 0 radical (unpaired) electrons. The quantitative estimate of drug-likeness (QED) is 0.387. The zero-order chi connectivity index (χ0) is 21.0. The highest BCUT2D eigenvalue weighted by Gasteiger charge is 2.13. The molecule has 0 heterocycles. The SMILES string of the molecule is CC/C=C(/C=C/C/C=C\C=C(/C)c1ccccc1)C1C=CC(C2=CCCC=C2)=CC1. The molecule has 30 heavy (non-hydrogen) atoms. The lowest BCUT2D eigenvalue weighted by Gasteiger charge is -2.19. The van der Waals surface area contributed by atoms with Gasteiger partial charge in [-0.15, -0.1) is 0 Å². The number of hydrogen-bond acceptors (Lipinski definition) is 0. The van der Waals surface area contributed by atoms with Crippen LogP contribution in [-0.2, 0) is 0 Å². The summed E-state index contributed by atoms with van der Waals surface area (Å²) < 4.78 is 0. The lowest BCUT2D eigenvalue weighted by molar-refractivity contribution is 0.775. The molecule has 1 atom stereocenters. The first-order chi connectivity index (χ1) is 14.8. The molecule has 0 bridgehead atoms. The van der Waals surface area contributed by atoms with Crippen molar-refractivity contribution in [2.24, 2.45) is 5.92 Å². The Kier molecular flexibility index (Phi) is 8.72. The van der Waals surface area contributed by atoms with Crippen LogP contribution in [0.1, 0.15) is 51.5 Å². The summed E-state index contributed by atoms with van der Waals surface area (Å²) in [5, 5.41) is 0. The Hall–Kier alpha value is -2.86. The van der Waals surface area contributed by atoms with Gasteiger partial charge in [0.2, 0.25) is 0 Å². The van der Waals surface area contributed by atoms with Crippen LogP contribution in [0, 0.1) is 5.92 Å². The highest BCUT2D eigenvalue weighted by Crippen LogP contribution is 2.29. The van der Waals surface area contributed by atoms with Crippen LogP contribution in [0.15, 0.2) is 120 Å². The van der Waals surface area contributed by atoms with Crippen LogP contribution in [0.2, 0.25) is 0 Å². The third kappa shape index (κ3) is 6.59. The first-order valence-electron chi connectivity index (χ1n) is 11.3. The molecule has 0 heteroatoms. The van der Waals surface area contributed by atoms with Crippen molar-refractivity contribution in [1.29, 1.82) is 0 Å². The largest absolute Gasteiger partial charge is 0.0836 e. The maximum absolute atomic E-state index is 2.40. The Morgan fingerprint density at radius 3 is 2.53 bits per heavy atom. The van der Waals surface area contributed by atoms with Crippen molar-refractivity contribution in [2.75, 3.05) is 0 Å². The Balaban J connectivity index is 1.53. The van der Waals surface area contributed by atoms with Crippen molar-refractivity contribution in [3.63, 3.8) is 0 Å². The molecule has 154 valence electrons. The summed E-state index contributed by atoms with van der Waals surface area (Å²) in [5.74, 6) is 0.488. The van der Waals surface area contributed by atoms with Crippen molar-refractivity contribution in [3.8, 4) is 0 Å². The minimum absolute atomic E-state index is 0.488. The van der Waals surface area contributed by atoms with E-state index in [1.165, 1.54) is 34.3 Å². The van der Waals surface area contributed by atoms with E-state index in [9.17, 15) is 0 Å². The molecule has 0 saturated carbocycles. The highest BCUT2D eigenvalue weighted by atomic mass is 14.2. The summed E-state index contributed by atoms with van der Waals surface area (Å²) in [5.41, 5.74) is 6.77. The van der Waals surface area contributed by atoms with Gasteiger partial charge in [0.1, 0.15) is 0 Å². The van der Waals surface area contributed by atoms with Gasteiger partial charge in [-0.2, -0.15) is 0 Å². The third-order valence-corrected chi connectivity index (χ3v) is 5.59. The van der Waals surface area contributed by atoms with Gasteiger partial charge in [0.05, 0.1) is 0 Å². The van der Waals surface area contributed by atoms with E-state index in [0.29, 0.717) is 5.92 Å². The Morgan fingerprint density at radius 2 is 1.83 bits per heavy atom. The average Bonchev–Trinajstić information content (AvgIpc) is 2.81. The maximum Gasteiger partial charge on any atom is 0.00528 e. The molecule has 0 spiro atoms. The monoisotopic (exact) mass is 394 g/mol.